The number of nitrogens with zero attached hydrogens (tertiary/aromatic N) is 2. The summed E-state index contributed by atoms with van der Waals surface area (Å²) in [4.78, 5) is 28.4. The standard InChI is InChI=1S/C15H22N2O3S/c1-2-16(11-13-7-5-9-21-13)15(20)17-8-4-3-6-12(17)10-14(18)19/h5,7,9,12H,2-4,6,8,10-11H2,1H3,(H,18,19). The molecule has 1 unspecified atom stereocenters. The average molecular weight is 310 g/mol. The van der Waals surface area contributed by atoms with Crippen molar-refractivity contribution >= 4 is 23.3 Å². The first-order chi connectivity index (χ1) is 10.1. The molecule has 21 heavy (non-hydrogen) atoms. The summed E-state index contributed by atoms with van der Waals surface area (Å²) in [6.07, 6.45) is 2.79. The Labute approximate surface area is 129 Å². The topological polar surface area (TPSA) is 60.9 Å². The number of amides is 2. The van der Waals surface area contributed by atoms with Crippen LogP contribution in [-0.2, 0) is 11.3 Å². The molecular formula is C15H22N2O3S. The number of hydrogen-bond donors (Lipinski definition) is 1. The molecule has 2 heterocycles. The predicted octanol–water partition coefficient (Wildman–Crippen LogP) is 3.02. The van der Waals surface area contributed by atoms with Crippen LogP contribution < -0.4 is 0 Å². The minimum Gasteiger partial charge on any atom is -0.481 e. The van der Waals surface area contributed by atoms with E-state index in [1.165, 1.54) is 0 Å². The van der Waals surface area contributed by atoms with Crippen molar-refractivity contribution < 1.29 is 14.7 Å². The van der Waals surface area contributed by atoms with Crippen molar-refractivity contribution in [2.24, 2.45) is 0 Å². The maximum absolute atomic E-state index is 12.7. The van der Waals surface area contributed by atoms with Crippen LogP contribution in [0.3, 0.4) is 0 Å². The lowest BCUT2D eigenvalue weighted by Gasteiger charge is -2.38. The van der Waals surface area contributed by atoms with Crippen molar-refractivity contribution in [3.05, 3.63) is 22.4 Å². The van der Waals surface area contributed by atoms with E-state index in [2.05, 4.69) is 0 Å². The lowest BCUT2D eigenvalue weighted by Crippen LogP contribution is -2.50. The molecule has 1 atom stereocenters. The zero-order valence-corrected chi connectivity index (χ0v) is 13.1. The van der Waals surface area contributed by atoms with E-state index in [0.717, 1.165) is 24.1 Å². The van der Waals surface area contributed by atoms with Crippen molar-refractivity contribution in [1.82, 2.24) is 9.80 Å². The highest BCUT2D eigenvalue weighted by molar-refractivity contribution is 7.09. The Balaban J connectivity index is 2.05. The van der Waals surface area contributed by atoms with Crippen LogP contribution in [-0.4, -0.2) is 46.0 Å². The number of aliphatic carboxylic acids is 1. The largest absolute Gasteiger partial charge is 0.481 e. The molecule has 6 heteroatoms. The minimum atomic E-state index is -0.832. The second-order valence-electron chi connectivity index (χ2n) is 5.32. The molecule has 1 aromatic heterocycles. The maximum atomic E-state index is 12.7. The molecule has 0 bridgehead atoms. The van der Waals surface area contributed by atoms with Crippen LogP contribution in [0.1, 0.15) is 37.5 Å². The van der Waals surface area contributed by atoms with E-state index in [4.69, 9.17) is 5.11 Å². The zero-order valence-electron chi connectivity index (χ0n) is 12.3. The third-order valence-corrected chi connectivity index (χ3v) is 4.72. The molecule has 1 saturated heterocycles. The van der Waals surface area contributed by atoms with Crippen molar-refractivity contribution in [3.8, 4) is 0 Å². The molecule has 2 rings (SSSR count). The first-order valence-corrected chi connectivity index (χ1v) is 8.29. The number of carboxylic acids is 1. The summed E-state index contributed by atoms with van der Waals surface area (Å²) in [5.74, 6) is -0.832. The second-order valence-corrected chi connectivity index (χ2v) is 6.35. The highest BCUT2D eigenvalue weighted by Crippen LogP contribution is 2.22. The normalized spacial score (nSPS) is 18.5. The molecule has 0 spiro atoms. The highest BCUT2D eigenvalue weighted by atomic mass is 32.1. The summed E-state index contributed by atoms with van der Waals surface area (Å²) in [6, 6.07) is 3.80. The number of urea groups is 1. The number of carbonyl (C=O) groups excluding carboxylic acids is 1. The minimum absolute atomic E-state index is 0.0307. The van der Waals surface area contributed by atoms with E-state index in [9.17, 15) is 9.59 Å². The van der Waals surface area contributed by atoms with Gasteiger partial charge < -0.3 is 14.9 Å². The third kappa shape index (κ3) is 4.20. The number of thiophene rings is 1. The van der Waals surface area contributed by atoms with Crippen LogP contribution in [0.25, 0.3) is 0 Å². The Kier molecular flexibility index (Phi) is 5.61. The van der Waals surface area contributed by atoms with Gasteiger partial charge in [0.1, 0.15) is 0 Å². The number of carbonyl (C=O) groups is 2. The fraction of sp³-hybridized carbons (Fsp3) is 0.600. The van der Waals surface area contributed by atoms with Gasteiger partial charge in [0.25, 0.3) is 0 Å². The molecule has 0 aliphatic carbocycles. The van der Waals surface area contributed by atoms with Gasteiger partial charge in [-0.2, -0.15) is 0 Å². The van der Waals surface area contributed by atoms with Crippen molar-refractivity contribution in [3.63, 3.8) is 0 Å². The molecule has 1 fully saturated rings. The Morgan fingerprint density at radius 3 is 2.90 bits per heavy atom. The summed E-state index contributed by atoms with van der Waals surface area (Å²) >= 11 is 1.64. The monoisotopic (exact) mass is 310 g/mol. The first-order valence-electron chi connectivity index (χ1n) is 7.41. The Morgan fingerprint density at radius 1 is 1.48 bits per heavy atom. The van der Waals surface area contributed by atoms with Crippen LogP contribution in [0.15, 0.2) is 17.5 Å². The first kappa shape index (κ1) is 15.8. The van der Waals surface area contributed by atoms with Gasteiger partial charge in [0.2, 0.25) is 0 Å². The van der Waals surface area contributed by atoms with Crippen LogP contribution in [0, 0.1) is 0 Å². The van der Waals surface area contributed by atoms with Crippen molar-refractivity contribution in [2.45, 2.75) is 45.2 Å². The van der Waals surface area contributed by atoms with E-state index < -0.39 is 5.97 Å². The van der Waals surface area contributed by atoms with Gasteiger partial charge in [-0.05, 0) is 37.6 Å². The molecule has 116 valence electrons. The van der Waals surface area contributed by atoms with Gasteiger partial charge in [0.15, 0.2) is 0 Å². The summed E-state index contributed by atoms with van der Waals surface area (Å²) in [5.41, 5.74) is 0. The molecule has 1 aromatic rings. The Bertz CT molecular complexity index is 475. The van der Waals surface area contributed by atoms with Gasteiger partial charge in [-0.3, -0.25) is 4.79 Å². The Morgan fingerprint density at radius 2 is 2.29 bits per heavy atom. The molecule has 0 radical (unpaired) electrons. The summed E-state index contributed by atoms with van der Waals surface area (Å²) in [7, 11) is 0. The molecule has 2 amide bonds. The Hall–Kier alpha value is -1.56. The summed E-state index contributed by atoms with van der Waals surface area (Å²) < 4.78 is 0. The van der Waals surface area contributed by atoms with E-state index in [0.29, 0.717) is 19.6 Å². The maximum Gasteiger partial charge on any atom is 0.320 e. The summed E-state index contributed by atoms with van der Waals surface area (Å²) in [6.45, 7) is 3.86. The summed E-state index contributed by atoms with van der Waals surface area (Å²) in [5, 5.41) is 11.0. The van der Waals surface area contributed by atoms with Gasteiger partial charge in [0, 0.05) is 24.0 Å². The van der Waals surface area contributed by atoms with Crippen LogP contribution in [0.5, 0.6) is 0 Å². The van der Waals surface area contributed by atoms with Gasteiger partial charge in [-0.25, -0.2) is 4.79 Å². The number of carboxylic acid groups (broad SMARTS) is 1. The van der Waals surface area contributed by atoms with Crippen LogP contribution in [0.4, 0.5) is 4.79 Å². The lowest BCUT2D eigenvalue weighted by molar-refractivity contribution is -0.138. The van der Waals surface area contributed by atoms with Gasteiger partial charge in [-0.1, -0.05) is 6.07 Å². The fourth-order valence-electron chi connectivity index (χ4n) is 2.75. The van der Waals surface area contributed by atoms with Crippen LogP contribution >= 0.6 is 11.3 Å². The fourth-order valence-corrected chi connectivity index (χ4v) is 3.47. The molecule has 1 aliphatic heterocycles. The predicted molar refractivity (Wildman–Crippen MR) is 82.4 cm³/mol. The smallest absolute Gasteiger partial charge is 0.320 e. The molecule has 0 aromatic carbocycles. The van der Waals surface area contributed by atoms with Gasteiger partial charge >= 0.3 is 12.0 Å². The van der Waals surface area contributed by atoms with Gasteiger partial charge in [0.05, 0.1) is 13.0 Å². The van der Waals surface area contributed by atoms with E-state index >= 15 is 0 Å². The molecule has 1 aliphatic rings. The average Bonchev–Trinajstić information content (AvgIpc) is 2.97. The third-order valence-electron chi connectivity index (χ3n) is 3.86. The molecule has 0 saturated carbocycles. The van der Waals surface area contributed by atoms with Crippen molar-refractivity contribution in [1.29, 1.82) is 0 Å². The van der Waals surface area contributed by atoms with Crippen molar-refractivity contribution in [2.75, 3.05) is 13.1 Å². The lowest BCUT2D eigenvalue weighted by atomic mass is 10.00. The number of piperidine rings is 1. The van der Waals surface area contributed by atoms with Crippen LogP contribution in [0.2, 0.25) is 0 Å². The highest BCUT2D eigenvalue weighted by Gasteiger charge is 2.30. The zero-order chi connectivity index (χ0) is 15.2. The van der Waals surface area contributed by atoms with E-state index in [1.807, 2.05) is 24.4 Å². The van der Waals surface area contributed by atoms with E-state index in [-0.39, 0.29) is 18.5 Å². The SMILES string of the molecule is CCN(Cc1cccs1)C(=O)N1CCCCC1CC(=O)O. The molecule has 1 N–H and O–H groups in total. The quantitative estimate of drug-likeness (QED) is 0.909. The number of rotatable bonds is 5. The van der Waals surface area contributed by atoms with E-state index in [1.54, 1.807) is 21.1 Å². The number of hydrogen-bond acceptors (Lipinski definition) is 3. The van der Waals surface area contributed by atoms with Gasteiger partial charge in [-0.15, -0.1) is 11.3 Å². The molecule has 5 nitrogen and oxygen atoms in total. The number of likely N-dealkylation sites (tertiary alicyclic amines) is 1. The second kappa shape index (κ2) is 7.45. The molecular weight excluding hydrogens is 288 g/mol.